The van der Waals surface area contributed by atoms with Crippen LogP contribution in [0, 0.1) is 0 Å². The minimum absolute atomic E-state index is 0.298. The van der Waals surface area contributed by atoms with Crippen LogP contribution in [-0.2, 0) is 10.4 Å². The Bertz CT molecular complexity index is 584. The molecule has 1 aliphatic rings. The number of likely N-dealkylation sites (tertiary alicyclic amines) is 1. The zero-order valence-corrected chi connectivity index (χ0v) is 13.3. The summed E-state index contributed by atoms with van der Waals surface area (Å²) in [5.41, 5.74) is 4.49. The first-order chi connectivity index (χ1) is 11.1. The molecular formula is C16H21F3N2O3. The van der Waals surface area contributed by atoms with Gasteiger partial charge in [0, 0.05) is 13.1 Å². The number of primary amides is 1. The third-order valence-electron chi connectivity index (χ3n) is 4.39. The fourth-order valence-corrected chi connectivity index (χ4v) is 3.12. The quantitative estimate of drug-likeness (QED) is 0.856. The molecule has 1 atom stereocenters. The van der Waals surface area contributed by atoms with Crippen molar-refractivity contribution in [1.29, 1.82) is 0 Å². The topological polar surface area (TPSA) is 75.8 Å². The molecule has 1 heterocycles. The van der Waals surface area contributed by atoms with Crippen molar-refractivity contribution in [3.05, 3.63) is 29.8 Å². The lowest BCUT2D eigenvalue weighted by molar-refractivity contribution is -0.274. The molecule has 1 aliphatic heterocycles. The Hall–Kier alpha value is -1.80. The number of benzene rings is 1. The Morgan fingerprint density at radius 1 is 1.42 bits per heavy atom. The van der Waals surface area contributed by atoms with E-state index in [1.54, 1.807) is 6.07 Å². The number of carbonyl (C=O) groups is 1. The number of aliphatic hydroxyl groups is 1. The SMILES string of the molecule is CC[C@@H](C(N)=O)N1CCC(O)(c2cccc(OC(F)(F)F)c2)CC1. The van der Waals surface area contributed by atoms with E-state index >= 15 is 0 Å². The van der Waals surface area contributed by atoms with Gasteiger partial charge in [0.25, 0.3) is 0 Å². The highest BCUT2D eigenvalue weighted by atomic mass is 19.4. The van der Waals surface area contributed by atoms with Crippen molar-refractivity contribution in [2.75, 3.05) is 13.1 Å². The molecule has 1 aromatic carbocycles. The second kappa shape index (κ2) is 6.98. The fourth-order valence-electron chi connectivity index (χ4n) is 3.12. The van der Waals surface area contributed by atoms with E-state index in [0.717, 1.165) is 0 Å². The zero-order valence-electron chi connectivity index (χ0n) is 13.3. The summed E-state index contributed by atoms with van der Waals surface area (Å²) in [5.74, 6) is -0.775. The van der Waals surface area contributed by atoms with Gasteiger partial charge in [-0.05, 0) is 37.0 Å². The second-order valence-corrected chi connectivity index (χ2v) is 5.97. The van der Waals surface area contributed by atoms with E-state index in [2.05, 4.69) is 4.74 Å². The number of piperidine rings is 1. The number of rotatable bonds is 5. The molecule has 5 nitrogen and oxygen atoms in total. The number of nitrogens with two attached hydrogens (primary N) is 1. The third-order valence-corrected chi connectivity index (χ3v) is 4.39. The van der Waals surface area contributed by atoms with Gasteiger partial charge in [0.1, 0.15) is 5.75 Å². The number of hydrogen-bond acceptors (Lipinski definition) is 4. The first kappa shape index (κ1) is 18.5. The summed E-state index contributed by atoms with van der Waals surface area (Å²) >= 11 is 0. The van der Waals surface area contributed by atoms with Gasteiger partial charge in [0.15, 0.2) is 0 Å². The van der Waals surface area contributed by atoms with E-state index in [1.165, 1.54) is 18.2 Å². The van der Waals surface area contributed by atoms with Crippen molar-refractivity contribution in [2.24, 2.45) is 5.73 Å². The highest BCUT2D eigenvalue weighted by Gasteiger charge is 2.38. The van der Waals surface area contributed by atoms with Crippen LogP contribution in [0.5, 0.6) is 5.75 Å². The Balaban J connectivity index is 2.10. The van der Waals surface area contributed by atoms with E-state index < -0.39 is 23.9 Å². The molecule has 0 aromatic heterocycles. The minimum atomic E-state index is -4.78. The molecule has 8 heteroatoms. The largest absolute Gasteiger partial charge is 0.573 e. The summed E-state index contributed by atoms with van der Waals surface area (Å²) in [7, 11) is 0. The van der Waals surface area contributed by atoms with Crippen LogP contribution in [0.3, 0.4) is 0 Å². The van der Waals surface area contributed by atoms with Crippen molar-refractivity contribution in [2.45, 2.75) is 44.2 Å². The van der Waals surface area contributed by atoms with E-state index in [0.29, 0.717) is 37.9 Å². The molecular weight excluding hydrogens is 325 g/mol. The molecule has 1 fully saturated rings. The van der Waals surface area contributed by atoms with Crippen LogP contribution in [0.15, 0.2) is 24.3 Å². The van der Waals surface area contributed by atoms with Crippen LogP contribution in [-0.4, -0.2) is 41.4 Å². The van der Waals surface area contributed by atoms with E-state index in [9.17, 15) is 23.1 Å². The molecule has 1 amide bonds. The van der Waals surface area contributed by atoms with Gasteiger partial charge < -0.3 is 15.6 Å². The fraction of sp³-hybridized carbons (Fsp3) is 0.562. The van der Waals surface area contributed by atoms with Gasteiger partial charge in [0.05, 0.1) is 11.6 Å². The predicted molar refractivity (Wildman–Crippen MR) is 81.1 cm³/mol. The highest BCUT2D eigenvalue weighted by molar-refractivity contribution is 5.79. The Kier molecular flexibility index (Phi) is 5.39. The molecule has 1 saturated heterocycles. The van der Waals surface area contributed by atoms with Gasteiger partial charge in [-0.15, -0.1) is 13.2 Å². The van der Waals surface area contributed by atoms with Crippen LogP contribution in [0.2, 0.25) is 0 Å². The smallest absolute Gasteiger partial charge is 0.406 e. The maximum Gasteiger partial charge on any atom is 0.573 e. The van der Waals surface area contributed by atoms with E-state index in [-0.39, 0.29) is 5.75 Å². The van der Waals surface area contributed by atoms with Crippen molar-refractivity contribution in [3.63, 3.8) is 0 Å². The molecule has 0 unspecified atom stereocenters. The van der Waals surface area contributed by atoms with Crippen LogP contribution in [0.4, 0.5) is 13.2 Å². The van der Waals surface area contributed by atoms with Gasteiger partial charge in [0.2, 0.25) is 5.91 Å². The molecule has 0 saturated carbocycles. The van der Waals surface area contributed by atoms with E-state index in [4.69, 9.17) is 5.73 Å². The van der Waals surface area contributed by atoms with Gasteiger partial charge in [-0.3, -0.25) is 9.69 Å². The summed E-state index contributed by atoms with van der Waals surface area (Å²) in [6.45, 7) is 2.72. The van der Waals surface area contributed by atoms with Crippen LogP contribution in [0.1, 0.15) is 31.7 Å². The second-order valence-electron chi connectivity index (χ2n) is 5.97. The number of hydrogen-bond donors (Lipinski definition) is 2. The number of halogens is 3. The molecule has 1 aromatic rings. The first-order valence-electron chi connectivity index (χ1n) is 7.76. The summed E-state index contributed by atoms with van der Waals surface area (Å²) in [4.78, 5) is 13.3. The lowest BCUT2D eigenvalue weighted by Crippen LogP contribution is -2.51. The zero-order chi connectivity index (χ0) is 18.0. The first-order valence-corrected chi connectivity index (χ1v) is 7.76. The summed E-state index contributed by atoms with van der Waals surface area (Å²) < 4.78 is 40.9. The number of alkyl halides is 3. The maximum atomic E-state index is 12.3. The highest BCUT2D eigenvalue weighted by Crippen LogP contribution is 2.36. The van der Waals surface area contributed by atoms with Crippen molar-refractivity contribution < 1.29 is 27.8 Å². The molecule has 0 spiro atoms. The van der Waals surface area contributed by atoms with Gasteiger partial charge in [-0.25, -0.2) is 0 Å². The number of nitrogens with zero attached hydrogens (tertiary/aromatic N) is 1. The normalized spacial score (nSPS) is 19.7. The summed E-state index contributed by atoms with van der Waals surface area (Å²) in [6, 6.07) is 4.99. The lowest BCUT2D eigenvalue weighted by Gasteiger charge is -2.41. The average molecular weight is 346 g/mol. The average Bonchev–Trinajstić information content (AvgIpc) is 2.48. The number of ether oxygens (including phenoxy) is 1. The van der Waals surface area contributed by atoms with Gasteiger partial charge in [-0.2, -0.15) is 0 Å². The van der Waals surface area contributed by atoms with Crippen molar-refractivity contribution >= 4 is 5.91 Å². The standard InChI is InChI=1S/C16H21F3N2O3/c1-2-13(14(20)22)21-8-6-15(23,7-9-21)11-4-3-5-12(10-11)24-16(17,18)19/h3-5,10,13,23H,2,6-9H2,1H3,(H2,20,22)/t13-/m0/s1. The third kappa shape index (κ3) is 4.39. The predicted octanol–water partition coefficient (Wildman–Crippen LogP) is 2.13. The minimum Gasteiger partial charge on any atom is -0.406 e. The van der Waals surface area contributed by atoms with Crippen LogP contribution < -0.4 is 10.5 Å². The molecule has 0 aliphatic carbocycles. The molecule has 3 N–H and O–H groups in total. The van der Waals surface area contributed by atoms with Gasteiger partial charge >= 0.3 is 6.36 Å². The van der Waals surface area contributed by atoms with Crippen LogP contribution in [0.25, 0.3) is 0 Å². The van der Waals surface area contributed by atoms with Gasteiger partial charge in [-0.1, -0.05) is 19.1 Å². The number of carbonyl (C=O) groups excluding carboxylic acids is 1. The Morgan fingerprint density at radius 2 is 2.04 bits per heavy atom. The maximum absolute atomic E-state index is 12.3. The molecule has 0 bridgehead atoms. The summed E-state index contributed by atoms with van der Waals surface area (Å²) in [5, 5.41) is 10.8. The molecule has 2 rings (SSSR count). The van der Waals surface area contributed by atoms with Crippen molar-refractivity contribution in [3.8, 4) is 5.75 Å². The summed E-state index contributed by atoms with van der Waals surface area (Å²) in [6.07, 6.45) is -3.61. The van der Waals surface area contributed by atoms with Crippen LogP contribution >= 0.6 is 0 Å². The Labute approximate surface area is 138 Å². The van der Waals surface area contributed by atoms with Crippen molar-refractivity contribution in [1.82, 2.24) is 4.90 Å². The Morgan fingerprint density at radius 3 is 2.54 bits per heavy atom. The lowest BCUT2D eigenvalue weighted by atomic mass is 9.84. The number of amides is 1. The molecule has 134 valence electrons. The monoisotopic (exact) mass is 346 g/mol. The molecule has 0 radical (unpaired) electrons. The molecule has 24 heavy (non-hydrogen) atoms. The van der Waals surface area contributed by atoms with E-state index in [1.807, 2.05) is 11.8 Å².